The quantitative estimate of drug-likeness (QED) is 0.110. The third-order valence-electron chi connectivity index (χ3n) is 11.7. The summed E-state index contributed by atoms with van der Waals surface area (Å²) in [6.45, 7) is 1.34. The minimum absolute atomic E-state index is 0.197. The number of hydrogen-bond donors (Lipinski definition) is 0. The van der Waals surface area contributed by atoms with Crippen molar-refractivity contribution in [2.75, 3.05) is 0 Å². The molecule has 9 aromatic rings. The maximum absolute atomic E-state index is 15.2. The smallest absolute Gasteiger partial charge is 0.273 e. The Morgan fingerprint density at radius 2 is 0.609 bits per heavy atom. The van der Waals surface area contributed by atoms with Gasteiger partial charge in [-0.05, 0) is 78.9 Å². The van der Waals surface area contributed by atoms with Gasteiger partial charge < -0.3 is 9.80 Å². The molecule has 2 amide bonds. The summed E-state index contributed by atoms with van der Waals surface area (Å²) in [5.74, 6) is -0.464. The number of nitrogens with zero attached hydrogens (tertiary/aromatic N) is 3. The second-order valence-electron chi connectivity index (χ2n) is 15.8. The Morgan fingerprint density at radius 3 is 0.938 bits per heavy atom. The number of rotatable bonds is 14. The Balaban J connectivity index is 1.09. The van der Waals surface area contributed by atoms with Gasteiger partial charge in [0.1, 0.15) is 5.69 Å². The number of aromatic nitrogens is 1. The highest BCUT2D eigenvalue weighted by Gasteiger charge is 2.25. The summed E-state index contributed by atoms with van der Waals surface area (Å²) in [5.41, 5.74) is 13.2. The molecule has 8 aromatic carbocycles. The second-order valence-corrected chi connectivity index (χ2v) is 15.8. The molecule has 0 saturated carbocycles. The summed E-state index contributed by atoms with van der Waals surface area (Å²) in [4.78, 5) is 38.7. The van der Waals surface area contributed by atoms with Crippen molar-refractivity contribution in [3.05, 3.63) is 270 Å². The average molecular weight is 830 g/mol. The zero-order valence-electron chi connectivity index (χ0n) is 35.5. The van der Waals surface area contributed by atoms with Crippen LogP contribution in [0.2, 0.25) is 0 Å². The molecule has 0 spiro atoms. The van der Waals surface area contributed by atoms with Gasteiger partial charge in [0.05, 0.1) is 0 Å². The third-order valence-corrected chi connectivity index (χ3v) is 11.7. The number of benzene rings is 8. The molecule has 0 bridgehead atoms. The molecule has 1 heterocycles. The third kappa shape index (κ3) is 9.50. The van der Waals surface area contributed by atoms with Crippen LogP contribution in [0.25, 0.3) is 44.5 Å². The van der Waals surface area contributed by atoms with Gasteiger partial charge in [0.25, 0.3) is 11.8 Å². The van der Waals surface area contributed by atoms with E-state index in [9.17, 15) is 0 Å². The van der Waals surface area contributed by atoms with Gasteiger partial charge in [0.15, 0.2) is 0 Å². The maximum atomic E-state index is 15.2. The van der Waals surface area contributed by atoms with Gasteiger partial charge in [0, 0.05) is 37.9 Å². The molecule has 0 N–H and O–H groups in total. The van der Waals surface area contributed by atoms with E-state index in [1.165, 1.54) is 0 Å². The van der Waals surface area contributed by atoms with E-state index in [4.69, 9.17) is 0 Å². The summed E-state index contributed by atoms with van der Waals surface area (Å²) in [6, 6.07) is 77.4. The number of amides is 2. The summed E-state index contributed by atoms with van der Waals surface area (Å²) in [7, 11) is 0. The zero-order chi connectivity index (χ0) is 43.5. The lowest BCUT2D eigenvalue weighted by Gasteiger charge is -2.27. The normalized spacial score (nSPS) is 10.9. The molecule has 64 heavy (non-hydrogen) atoms. The number of carbonyl (C=O) groups excluding carboxylic acids is 2. The van der Waals surface area contributed by atoms with Crippen LogP contribution < -0.4 is 0 Å². The molecule has 0 radical (unpaired) electrons. The first kappa shape index (κ1) is 41.2. The lowest BCUT2D eigenvalue weighted by Crippen LogP contribution is -2.33. The molecule has 0 unspecified atom stereocenters. The number of pyridine rings is 1. The van der Waals surface area contributed by atoms with Crippen molar-refractivity contribution >= 4 is 11.8 Å². The van der Waals surface area contributed by atoms with Crippen LogP contribution in [0.15, 0.2) is 237 Å². The first-order chi connectivity index (χ1) is 31.6. The second kappa shape index (κ2) is 19.7. The van der Waals surface area contributed by atoms with Gasteiger partial charge in [-0.25, -0.2) is 0 Å². The fourth-order valence-corrected chi connectivity index (χ4v) is 8.48. The molecule has 0 fully saturated rings. The van der Waals surface area contributed by atoms with Gasteiger partial charge in [0.2, 0.25) is 0 Å². The van der Waals surface area contributed by atoms with Crippen molar-refractivity contribution in [3.63, 3.8) is 0 Å². The van der Waals surface area contributed by atoms with Crippen molar-refractivity contribution < 1.29 is 9.59 Å². The molecule has 5 nitrogen and oxygen atoms in total. The van der Waals surface area contributed by atoms with Crippen molar-refractivity contribution in [2.24, 2.45) is 0 Å². The van der Waals surface area contributed by atoms with Crippen molar-refractivity contribution in [2.45, 2.75) is 26.2 Å². The van der Waals surface area contributed by atoms with E-state index in [0.29, 0.717) is 31.7 Å². The van der Waals surface area contributed by atoms with Gasteiger partial charge in [-0.2, -0.15) is 0 Å². The number of hydrogen-bond acceptors (Lipinski definition) is 3. The van der Waals surface area contributed by atoms with Crippen LogP contribution >= 0.6 is 0 Å². The van der Waals surface area contributed by atoms with E-state index in [1.54, 1.807) is 18.3 Å². The fraction of sp³-hybridized carbons (Fsp3) is 0.0678. The van der Waals surface area contributed by atoms with Crippen LogP contribution in [0.1, 0.15) is 43.1 Å². The van der Waals surface area contributed by atoms with Crippen LogP contribution in [-0.2, 0) is 26.2 Å². The summed E-state index contributed by atoms with van der Waals surface area (Å²) in [5, 5.41) is 0. The maximum Gasteiger partial charge on any atom is 0.273 e. The summed E-state index contributed by atoms with van der Waals surface area (Å²) >= 11 is 0. The van der Waals surface area contributed by atoms with E-state index in [-0.39, 0.29) is 17.5 Å². The zero-order valence-corrected chi connectivity index (χ0v) is 35.5. The highest BCUT2D eigenvalue weighted by atomic mass is 16.2. The SMILES string of the molecule is O=C(c1ccnc(C(=O)N(Cc2ccccc2-c2ccccc2)Cc2ccccc2-c2ccccc2)c1)N(Cc1ccccc1-c1ccccc1)Cc1ccccc1-c1ccccc1. The van der Waals surface area contributed by atoms with E-state index >= 15 is 9.59 Å². The average Bonchev–Trinajstić information content (AvgIpc) is 3.37. The van der Waals surface area contributed by atoms with E-state index < -0.39 is 0 Å². The van der Waals surface area contributed by atoms with Crippen LogP contribution in [0.4, 0.5) is 0 Å². The first-order valence-corrected chi connectivity index (χ1v) is 21.7. The molecular formula is C59H47N3O2. The Bertz CT molecular complexity index is 2620. The lowest BCUT2D eigenvalue weighted by atomic mass is 9.97. The Morgan fingerprint density at radius 1 is 0.328 bits per heavy atom. The largest absolute Gasteiger partial charge is 0.330 e. The van der Waals surface area contributed by atoms with Gasteiger partial charge in [-0.15, -0.1) is 0 Å². The lowest BCUT2D eigenvalue weighted by molar-refractivity contribution is 0.0723. The molecule has 0 aliphatic carbocycles. The Labute approximate surface area is 375 Å². The predicted octanol–water partition coefficient (Wildman–Crippen LogP) is 13.4. The van der Waals surface area contributed by atoms with Gasteiger partial charge in [-0.1, -0.05) is 218 Å². The molecule has 0 saturated heterocycles. The first-order valence-electron chi connectivity index (χ1n) is 21.7. The Hall–Kier alpha value is -8.15. The van der Waals surface area contributed by atoms with Gasteiger partial charge in [-0.3, -0.25) is 14.6 Å². The Kier molecular flexibility index (Phi) is 12.7. The van der Waals surface area contributed by atoms with E-state index in [2.05, 4.69) is 102 Å². The molecule has 310 valence electrons. The minimum Gasteiger partial charge on any atom is -0.330 e. The number of carbonyl (C=O) groups is 2. The highest BCUT2D eigenvalue weighted by Crippen LogP contribution is 2.31. The van der Waals surface area contributed by atoms with Crippen molar-refractivity contribution in [1.82, 2.24) is 14.8 Å². The summed E-state index contributed by atoms with van der Waals surface area (Å²) in [6.07, 6.45) is 1.59. The van der Waals surface area contributed by atoms with Crippen molar-refractivity contribution in [3.8, 4) is 44.5 Å². The highest BCUT2D eigenvalue weighted by molar-refractivity contribution is 5.99. The fourth-order valence-electron chi connectivity index (χ4n) is 8.48. The van der Waals surface area contributed by atoms with E-state index in [1.807, 2.05) is 131 Å². The van der Waals surface area contributed by atoms with Crippen LogP contribution in [0.5, 0.6) is 0 Å². The molecule has 5 heteroatoms. The standard InChI is InChI=1S/C59H47N3O2/c63-58(61(40-49-29-13-17-33-53(49)44-21-5-1-6-22-44)41-50-30-14-18-34-54(50)45-23-7-2-8-24-45)48-37-38-60-57(39-48)59(64)62(42-51-31-15-19-35-55(51)46-25-9-3-10-26-46)43-52-32-16-20-36-56(52)47-27-11-4-12-28-47/h1-39H,40-43H2. The topological polar surface area (TPSA) is 53.5 Å². The predicted molar refractivity (Wildman–Crippen MR) is 259 cm³/mol. The molecular weight excluding hydrogens is 783 g/mol. The van der Waals surface area contributed by atoms with Gasteiger partial charge >= 0.3 is 0 Å². The van der Waals surface area contributed by atoms with Crippen molar-refractivity contribution in [1.29, 1.82) is 0 Å². The van der Waals surface area contributed by atoms with Crippen LogP contribution in [0, 0.1) is 0 Å². The minimum atomic E-state index is -0.268. The molecule has 0 aliphatic heterocycles. The molecule has 0 atom stereocenters. The molecule has 0 aliphatic rings. The van der Waals surface area contributed by atoms with Crippen LogP contribution in [0.3, 0.4) is 0 Å². The van der Waals surface area contributed by atoms with E-state index in [0.717, 1.165) is 66.8 Å². The summed E-state index contributed by atoms with van der Waals surface area (Å²) < 4.78 is 0. The molecule has 9 rings (SSSR count). The monoisotopic (exact) mass is 829 g/mol. The van der Waals surface area contributed by atoms with Crippen LogP contribution in [-0.4, -0.2) is 26.6 Å². The molecule has 1 aromatic heterocycles.